The summed E-state index contributed by atoms with van der Waals surface area (Å²) in [4.78, 5) is 0. The van der Waals surface area contributed by atoms with Crippen LogP contribution in [-0.4, -0.2) is 0 Å². The van der Waals surface area contributed by atoms with Crippen LogP contribution in [0.2, 0.25) is 0 Å². The van der Waals surface area contributed by atoms with E-state index in [0.717, 1.165) is 21.5 Å². The molecule has 0 aromatic rings. The lowest BCUT2D eigenvalue weighted by Crippen LogP contribution is -1.76. The van der Waals surface area contributed by atoms with Gasteiger partial charge in [-0.25, -0.2) is 0 Å². The van der Waals surface area contributed by atoms with E-state index in [1.165, 1.54) is 0 Å². The first-order chi connectivity index (χ1) is 4.59. The highest BCUT2D eigenvalue weighted by Crippen LogP contribution is 2.22. The van der Waals surface area contributed by atoms with Gasteiger partial charge in [0.1, 0.15) is 0 Å². The van der Waals surface area contributed by atoms with Gasteiger partial charge in [0.25, 0.3) is 0 Å². The zero-order valence-electron chi connectivity index (χ0n) is 6.54. The van der Waals surface area contributed by atoms with E-state index in [0.29, 0.717) is 0 Å². The van der Waals surface area contributed by atoms with Gasteiger partial charge in [0.15, 0.2) is 0 Å². The zero-order valence-corrected chi connectivity index (χ0v) is 8.88. The molecule has 0 amide bonds. The highest BCUT2D eigenvalue weighted by molar-refractivity contribution is 9.12. The molecule has 0 aliphatic carbocycles. The molecule has 0 bridgehead atoms. The third-order valence-corrected chi connectivity index (χ3v) is 2.46. The van der Waals surface area contributed by atoms with E-state index in [1.54, 1.807) is 0 Å². The van der Waals surface area contributed by atoms with Crippen molar-refractivity contribution in [3.63, 3.8) is 0 Å². The summed E-state index contributed by atoms with van der Waals surface area (Å²) >= 11 is 9.19. The summed E-state index contributed by atoms with van der Waals surface area (Å²) in [6, 6.07) is 0. The summed E-state index contributed by atoms with van der Waals surface area (Å²) < 4.78 is 1.10. The van der Waals surface area contributed by atoms with E-state index in [9.17, 15) is 0 Å². The predicted molar refractivity (Wildman–Crippen MR) is 51.5 cm³/mol. The van der Waals surface area contributed by atoms with Crippen LogP contribution in [0, 0.1) is 0 Å². The molecule has 0 nitrogen and oxygen atoms in total. The van der Waals surface area contributed by atoms with Gasteiger partial charge in [-0.1, -0.05) is 40.5 Å². The molecule has 0 aliphatic rings. The Morgan fingerprint density at radius 3 is 2.30 bits per heavy atom. The third kappa shape index (κ3) is 3.43. The van der Waals surface area contributed by atoms with Crippen molar-refractivity contribution in [2.45, 2.75) is 27.2 Å². The Balaban J connectivity index is 4.36. The average Bonchev–Trinajstić information content (AvgIpc) is 1.87. The van der Waals surface area contributed by atoms with E-state index in [4.69, 9.17) is 11.6 Å². The van der Waals surface area contributed by atoms with Crippen molar-refractivity contribution >= 4 is 27.5 Å². The van der Waals surface area contributed by atoms with E-state index in [2.05, 4.69) is 28.9 Å². The van der Waals surface area contributed by atoms with Crippen LogP contribution in [0.4, 0.5) is 0 Å². The lowest BCUT2D eigenvalue weighted by molar-refractivity contribution is 1.21. The minimum atomic E-state index is 0.844. The fourth-order valence-electron chi connectivity index (χ4n) is 0.497. The molecule has 2 heteroatoms. The van der Waals surface area contributed by atoms with Crippen molar-refractivity contribution in [3.8, 4) is 0 Å². The molecule has 0 N–H and O–H groups in total. The molecule has 0 aliphatic heterocycles. The van der Waals surface area contributed by atoms with Gasteiger partial charge in [-0.15, -0.1) is 0 Å². The first-order valence-electron chi connectivity index (χ1n) is 3.28. The molecule has 0 atom stereocenters. The molecule has 0 fully saturated rings. The molecule has 0 rings (SSSR count). The van der Waals surface area contributed by atoms with Crippen LogP contribution in [0.25, 0.3) is 0 Å². The van der Waals surface area contributed by atoms with Crippen LogP contribution in [0.3, 0.4) is 0 Å². The standard InChI is InChI=1S/C8H12BrCl/c1-4-5-8(9)6(2)7(3)10/h5H,4H2,1-3H3/b7-6+,8-5+. The summed E-state index contributed by atoms with van der Waals surface area (Å²) in [5.41, 5.74) is 1.11. The Hall–Kier alpha value is 0.250. The van der Waals surface area contributed by atoms with E-state index >= 15 is 0 Å². The van der Waals surface area contributed by atoms with Gasteiger partial charge < -0.3 is 0 Å². The number of hydrogen-bond acceptors (Lipinski definition) is 0. The highest BCUT2D eigenvalue weighted by atomic mass is 79.9. The second-order valence-corrected chi connectivity index (χ2v) is 3.54. The normalized spacial score (nSPS) is 15.1. The molecule has 0 heterocycles. The molecule has 10 heavy (non-hydrogen) atoms. The van der Waals surface area contributed by atoms with Crippen molar-refractivity contribution in [2.75, 3.05) is 0 Å². The molecule has 0 saturated heterocycles. The molecule has 0 unspecified atom stereocenters. The van der Waals surface area contributed by atoms with Crippen LogP contribution in [-0.2, 0) is 0 Å². The number of hydrogen-bond donors (Lipinski definition) is 0. The van der Waals surface area contributed by atoms with Crippen molar-refractivity contribution in [3.05, 3.63) is 21.2 Å². The van der Waals surface area contributed by atoms with Gasteiger partial charge in [-0.05, 0) is 25.8 Å². The van der Waals surface area contributed by atoms with E-state index in [1.807, 2.05) is 13.8 Å². The van der Waals surface area contributed by atoms with Crippen LogP contribution in [0.15, 0.2) is 21.2 Å². The van der Waals surface area contributed by atoms with Gasteiger partial charge in [-0.3, -0.25) is 0 Å². The largest absolute Gasteiger partial charge is 0.0891 e. The second kappa shape index (κ2) is 4.97. The van der Waals surface area contributed by atoms with Gasteiger partial charge in [0.05, 0.1) is 0 Å². The summed E-state index contributed by atoms with van der Waals surface area (Å²) in [6.07, 6.45) is 3.13. The van der Waals surface area contributed by atoms with Gasteiger partial charge in [-0.2, -0.15) is 0 Å². The predicted octanol–water partition coefficient (Wildman–Crippen LogP) is 4.21. The van der Waals surface area contributed by atoms with Crippen LogP contribution in [0.1, 0.15) is 27.2 Å². The van der Waals surface area contributed by atoms with Crippen LogP contribution < -0.4 is 0 Å². The zero-order chi connectivity index (χ0) is 8.15. The molecule has 0 radical (unpaired) electrons. The molecular formula is C8H12BrCl. The van der Waals surface area contributed by atoms with Crippen molar-refractivity contribution in [1.29, 1.82) is 0 Å². The SMILES string of the molecule is CC/C=C(Br)\C(C)=C(/C)Cl. The fraction of sp³-hybridized carbons (Fsp3) is 0.500. The Morgan fingerprint density at radius 2 is 2.00 bits per heavy atom. The fourth-order valence-corrected chi connectivity index (χ4v) is 1.33. The Bertz CT molecular complexity index is 164. The summed E-state index contributed by atoms with van der Waals surface area (Å²) in [5, 5.41) is 0.844. The molecule has 0 spiro atoms. The number of allylic oxidation sites excluding steroid dienone is 4. The summed E-state index contributed by atoms with van der Waals surface area (Å²) in [5.74, 6) is 0. The van der Waals surface area contributed by atoms with Crippen molar-refractivity contribution < 1.29 is 0 Å². The maximum atomic E-state index is 5.77. The lowest BCUT2D eigenvalue weighted by Gasteiger charge is -1.98. The van der Waals surface area contributed by atoms with Crippen LogP contribution in [0.5, 0.6) is 0 Å². The summed E-state index contributed by atoms with van der Waals surface area (Å²) in [7, 11) is 0. The Kier molecular flexibility index (Phi) is 5.10. The topological polar surface area (TPSA) is 0 Å². The van der Waals surface area contributed by atoms with Crippen molar-refractivity contribution in [2.24, 2.45) is 0 Å². The molecule has 58 valence electrons. The van der Waals surface area contributed by atoms with Crippen molar-refractivity contribution in [1.82, 2.24) is 0 Å². The highest BCUT2D eigenvalue weighted by Gasteiger charge is 1.96. The monoisotopic (exact) mass is 222 g/mol. The maximum absolute atomic E-state index is 5.77. The van der Waals surface area contributed by atoms with Crippen LogP contribution >= 0.6 is 27.5 Å². The molecular weight excluding hydrogens is 211 g/mol. The third-order valence-electron chi connectivity index (χ3n) is 1.26. The molecule has 0 aromatic carbocycles. The maximum Gasteiger partial charge on any atom is 0.0190 e. The smallest absolute Gasteiger partial charge is 0.0190 e. The van der Waals surface area contributed by atoms with Gasteiger partial charge in [0.2, 0.25) is 0 Å². The second-order valence-electron chi connectivity index (χ2n) is 2.12. The minimum Gasteiger partial charge on any atom is -0.0891 e. The van der Waals surface area contributed by atoms with Gasteiger partial charge >= 0.3 is 0 Å². The van der Waals surface area contributed by atoms with E-state index in [-0.39, 0.29) is 0 Å². The number of halogens is 2. The Morgan fingerprint density at radius 1 is 1.50 bits per heavy atom. The number of rotatable bonds is 2. The molecule has 0 saturated carbocycles. The first kappa shape index (κ1) is 10.2. The first-order valence-corrected chi connectivity index (χ1v) is 4.45. The molecule has 0 aromatic heterocycles. The quantitative estimate of drug-likeness (QED) is 0.615. The average molecular weight is 224 g/mol. The lowest BCUT2D eigenvalue weighted by atomic mass is 10.2. The Labute approximate surface area is 76.1 Å². The minimum absolute atomic E-state index is 0.844. The van der Waals surface area contributed by atoms with E-state index < -0.39 is 0 Å². The van der Waals surface area contributed by atoms with Gasteiger partial charge in [0, 0.05) is 9.51 Å². The summed E-state index contributed by atoms with van der Waals surface area (Å²) in [6.45, 7) is 5.98.